The molecule has 3 aromatic rings. The smallest absolute Gasteiger partial charge is 0.0917 e. The highest BCUT2D eigenvalue weighted by Crippen LogP contribution is 2.33. The van der Waals surface area contributed by atoms with Gasteiger partial charge < -0.3 is 9.88 Å². The molecule has 0 saturated carbocycles. The molecule has 1 aliphatic carbocycles. The van der Waals surface area contributed by atoms with Gasteiger partial charge in [-0.05, 0) is 73.8 Å². The second kappa shape index (κ2) is 11.5. The lowest BCUT2D eigenvalue weighted by atomic mass is 10.1. The molecule has 5 rings (SSSR count). The van der Waals surface area contributed by atoms with E-state index in [1.165, 1.54) is 0 Å². The van der Waals surface area contributed by atoms with Crippen molar-refractivity contribution in [2.24, 2.45) is 4.99 Å². The maximum Gasteiger partial charge on any atom is 0.0917 e. The second-order valence-electron chi connectivity index (χ2n) is 8.75. The molecule has 0 atom stereocenters. The van der Waals surface area contributed by atoms with E-state index in [4.69, 9.17) is 56.4 Å². The first-order chi connectivity index (χ1) is 18.4. The van der Waals surface area contributed by atoms with Crippen LogP contribution in [0.4, 0.5) is 11.4 Å². The third-order valence-electron chi connectivity index (χ3n) is 6.39. The number of anilines is 2. The van der Waals surface area contributed by atoms with Crippen molar-refractivity contribution in [3.8, 4) is 17.1 Å². The molecule has 0 bridgehead atoms. The number of rotatable bonds is 7. The van der Waals surface area contributed by atoms with Gasteiger partial charge >= 0.3 is 0 Å². The molecule has 0 unspecified atom stereocenters. The molecule has 0 spiro atoms. The van der Waals surface area contributed by atoms with Crippen LogP contribution in [0.2, 0.25) is 20.1 Å². The summed E-state index contributed by atoms with van der Waals surface area (Å²) in [6.07, 6.45) is 0. The number of para-hydroxylation sites is 2. The number of nitrogens with one attached hydrogen (secondary N) is 1. The molecule has 0 saturated heterocycles. The number of fused-ring (bicyclic) bond motifs is 2. The van der Waals surface area contributed by atoms with Crippen LogP contribution in [0, 0.1) is 0 Å². The lowest BCUT2D eigenvalue weighted by Crippen LogP contribution is -2.25. The first-order valence-corrected chi connectivity index (χ1v) is 13.7. The highest BCUT2D eigenvalue weighted by atomic mass is 35.5. The minimum absolute atomic E-state index is 0.473. The number of aromatic nitrogens is 2. The van der Waals surface area contributed by atoms with Gasteiger partial charge in [-0.15, -0.1) is 0 Å². The molecule has 1 heterocycles. The molecule has 2 aliphatic rings. The molecular weight excluding hydrogens is 560 g/mol. The number of hydrogen-bond donors (Lipinski definition) is 1. The molecule has 0 radical (unpaired) electrons. The van der Waals surface area contributed by atoms with Gasteiger partial charge in [0.1, 0.15) is 0 Å². The zero-order chi connectivity index (χ0) is 26.8. The van der Waals surface area contributed by atoms with Crippen LogP contribution >= 0.6 is 46.4 Å². The maximum atomic E-state index is 6.44. The molecule has 0 amide bonds. The Morgan fingerprint density at radius 3 is 2.24 bits per heavy atom. The van der Waals surface area contributed by atoms with Crippen LogP contribution in [0.5, 0.6) is 0 Å². The van der Waals surface area contributed by atoms with Crippen LogP contribution in [0.25, 0.3) is 28.1 Å². The van der Waals surface area contributed by atoms with Gasteiger partial charge in [0.25, 0.3) is 0 Å². The summed E-state index contributed by atoms with van der Waals surface area (Å²) in [6.45, 7) is 6.62. The largest absolute Gasteiger partial charge is 0.354 e. The highest BCUT2D eigenvalue weighted by molar-refractivity contribution is 6.42. The number of halogens is 4. The molecule has 9 heteroatoms. The van der Waals surface area contributed by atoms with Crippen LogP contribution < -0.4 is 10.7 Å². The molecule has 0 fully saturated rings. The van der Waals surface area contributed by atoms with Gasteiger partial charge in [-0.2, -0.15) is 0 Å². The summed E-state index contributed by atoms with van der Waals surface area (Å²) in [7, 11) is 0. The van der Waals surface area contributed by atoms with Crippen LogP contribution in [0.3, 0.4) is 0 Å². The zero-order valence-corrected chi connectivity index (χ0v) is 23.9. The van der Waals surface area contributed by atoms with E-state index in [0.717, 1.165) is 57.9 Å². The van der Waals surface area contributed by atoms with Crippen molar-refractivity contribution < 1.29 is 0 Å². The Morgan fingerprint density at radius 1 is 0.816 bits per heavy atom. The molecule has 194 valence electrons. The van der Waals surface area contributed by atoms with Crippen molar-refractivity contribution >= 4 is 68.8 Å². The van der Waals surface area contributed by atoms with E-state index in [2.05, 4.69) is 34.7 Å². The number of hydrogen-bond acceptors (Lipinski definition) is 4. The molecule has 38 heavy (non-hydrogen) atoms. The van der Waals surface area contributed by atoms with E-state index >= 15 is 0 Å². The van der Waals surface area contributed by atoms with Crippen LogP contribution in [0.1, 0.15) is 13.8 Å². The first-order valence-electron chi connectivity index (χ1n) is 12.2. The molecule has 3 aromatic carbocycles. The van der Waals surface area contributed by atoms with Crippen molar-refractivity contribution in [2.75, 3.05) is 25.1 Å². The van der Waals surface area contributed by atoms with E-state index in [9.17, 15) is 0 Å². The summed E-state index contributed by atoms with van der Waals surface area (Å²) in [5.74, 6) is 0. The standard InChI is InChI=1S/C29H25Cl4N5/c1-3-37(4-2)17-34-25-16-29-27(15-26(25)35-18-9-11-20(30)22(32)13-18)36-24-7-5-6-8-28(24)38(29)19-10-12-21(31)23(33)14-19/h5-16,35H,3-4,17H2,1-2H3/b34-25+. The lowest BCUT2D eigenvalue weighted by Gasteiger charge is -2.21. The predicted octanol–water partition coefficient (Wildman–Crippen LogP) is 8.69. The number of nitrogens with zero attached hydrogens (tertiary/aromatic N) is 4. The quantitative estimate of drug-likeness (QED) is 0.195. The average Bonchev–Trinajstić information content (AvgIpc) is 2.92. The van der Waals surface area contributed by atoms with Gasteiger partial charge in [0, 0.05) is 11.4 Å². The maximum absolute atomic E-state index is 6.44. The fourth-order valence-electron chi connectivity index (χ4n) is 4.30. The van der Waals surface area contributed by atoms with Gasteiger partial charge in [0.05, 0.1) is 60.2 Å². The minimum Gasteiger partial charge on any atom is -0.354 e. The van der Waals surface area contributed by atoms with Gasteiger partial charge in [-0.1, -0.05) is 72.4 Å². The summed E-state index contributed by atoms with van der Waals surface area (Å²) in [4.78, 5) is 12.2. The zero-order valence-electron chi connectivity index (χ0n) is 20.9. The van der Waals surface area contributed by atoms with E-state index in [1.54, 1.807) is 18.2 Å². The van der Waals surface area contributed by atoms with Crippen molar-refractivity contribution in [1.82, 2.24) is 14.5 Å². The van der Waals surface area contributed by atoms with E-state index in [0.29, 0.717) is 26.8 Å². The molecule has 0 aromatic heterocycles. The average molecular weight is 585 g/mol. The molecule has 5 nitrogen and oxygen atoms in total. The Bertz CT molecular complexity index is 1660. The third-order valence-corrected chi connectivity index (χ3v) is 7.87. The van der Waals surface area contributed by atoms with E-state index in [-0.39, 0.29) is 0 Å². The number of benzene rings is 4. The van der Waals surface area contributed by atoms with Crippen molar-refractivity contribution in [2.45, 2.75) is 13.8 Å². The lowest BCUT2D eigenvalue weighted by molar-refractivity contribution is 0.312. The topological polar surface area (TPSA) is 45.5 Å². The highest BCUT2D eigenvalue weighted by Gasteiger charge is 2.17. The van der Waals surface area contributed by atoms with Gasteiger partial charge in [-0.25, -0.2) is 4.98 Å². The summed E-state index contributed by atoms with van der Waals surface area (Å²) in [5.41, 5.74) is 5.96. The molecule has 1 N–H and O–H groups in total. The monoisotopic (exact) mass is 583 g/mol. The summed E-state index contributed by atoms with van der Waals surface area (Å²) < 4.78 is 2.14. The normalized spacial score (nSPS) is 12.1. The van der Waals surface area contributed by atoms with Gasteiger partial charge in [0.2, 0.25) is 0 Å². The van der Waals surface area contributed by atoms with Crippen LogP contribution in [-0.2, 0) is 0 Å². The summed E-state index contributed by atoms with van der Waals surface area (Å²) >= 11 is 25.1. The Labute approximate surface area is 241 Å². The van der Waals surface area contributed by atoms with Crippen molar-refractivity contribution in [3.05, 3.63) is 98.2 Å². The van der Waals surface area contributed by atoms with Crippen molar-refractivity contribution in [3.63, 3.8) is 0 Å². The predicted molar refractivity (Wildman–Crippen MR) is 161 cm³/mol. The van der Waals surface area contributed by atoms with Crippen LogP contribution in [0.15, 0.2) is 77.8 Å². The van der Waals surface area contributed by atoms with Crippen molar-refractivity contribution in [1.29, 1.82) is 0 Å². The van der Waals surface area contributed by atoms with Gasteiger partial charge in [-0.3, -0.25) is 9.89 Å². The fraction of sp³-hybridized carbons (Fsp3) is 0.172. The minimum atomic E-state index is 0.473. The van der Waals surface area contributed by atoms with Crippen LogP contribution in [-0.4, -0.2) is 34.2 Å². The third kappa shape index (κ3) is 5.49. The Balaban J connectivity index is 1.78. The fourth-order valence-corrected chi connectivity index (χ4v) is 4.89. The van der Waals surface area contributed by atoms with E-state index < -0.39 is 0 Å². The molecule has 1 aliphatic heterocycles. The molecular formula is C29H25Cl4N5. The van der Waals surface area contributed by atoms with E-state index in [1.807, 2.05) is 48.5 Å². The Hall–Kier alpha value is -2.80. The SMILES string of the molecule is CCN(CC)C/N=c1\cc2n(-c3ccc(Cl)c(Cl)c3)c3ccccc3nc-2cc1Nc1ccc(Cl)c(Cl)c1. The summed E-state index contributed by atoms with van der Waals surface area (Å²) in [5, 5.41) is 6.22. The Kier molecular flexibility index (Phi) is 8.12. The Morgan fingerprint density at radius 2 is 1.53 bits per heavy atom. The second-order valence-corrected chi connectivity index (χ2v) is 10.4. The first kappa shape index (κ1) is 26.8. The summed E-state index contributed by atoms with van der Waals surface area (Å²) in [6, 6.07) is 23.1. The van der Waals surface area contributed by atoms with Gasteiger partial charge in [0.15, 0.2) is 0 Å².